The molecule has 2 rings (SSSR count). The molecule has 1 aliphatic heterocycles. The van der Waals surface area contributed by atoms with Gasteiger partial charge >= 0.3 is 0 Å². The van der Waals surface area contributed by atoms with Crippen LogP contribution in [0.5, 0.6) is 0 Å². The van der Waals surface area contributed by atoms with Crippen LogP contribution in [0.4, 0.5) is 0 Å². The average Bonchev–Trinajstić information content (AvgIpc) is 2.71. The van der Waals surface area contributed by atoms with Gasteiger partial charge in [0.2, 0.25) is 0 Å². The molecule has 0 aromatic rings. The predicted molar refractivity (Wildman–Crippen MR) is 107 cm³/mol. The molecule has 0 N–H and O–H groups in total. The Kier molecular flexibility index (Phi) is 6.62. The van der Waals surface area contributed by atoms with Gasteiger partial charge in [0.05, 0.1) is 19.1 Å². The highest BCUT2D eigenvalue weighted by Crippen LogP contribution is 2.48. The van der Waals surface area contributed by atoms with Crippen molar-refractivity contribution in [3.8, 4) is 0 Å². The molecule has 0 spiro atoms. The minimum atomic E-state index is 0.735. The van der Waals surface area contributed by atoms with Gasteiger partial charge in [0.15, 0.2) is 0 Å². The van der Waals surface area contributed by atoms with Gasteiger partial charge < -0.3 is 4.48 Å². The molecule has 1 saturated carbocycles. The van der Waals surface area contributed by atoms with Gasteiger partial charge in [0.25, 0.3) is 0 Å². The Bertz CT molecular complexity index is 422. The summed E-state index contributed by atoms with van der Waals surface area (Å²) in [5.41, 5.74) is 1.56. The fourth-order valence-electron chi connectivity index (χ4n) is 5.69. The van der Waals surface area contributed by atoms with Gasteiger partial charge in [-0.05, 0) is 49.0 Å². The van der Waals surface area contributed by atoms with Crippen molar-refractivity contribution in [3.05, 3.63) is 12.2 Å². The van der Waals surface area contributed by atoms with Crippen molar-refractivity contribution in [3.63, 3.8) is 0 Å². The van der Waals surface area contributed by atoms with Crippen LogP contribution in [0, 0.1) is 29.6 Å². The SMILES string of the molecule is C=C1C[N+](C)(C(C)CC)C(CC2CCC2)C1C(C)C(C)CC(C)C. The van der Waals surface area contributed by atoms with E-state index < -0.39 is 0 Å². The van der Waals surface area contributed by atoms with Crippen LogP contribution in [0.25, 0.3) is 0 Å². The molecule has 1 heteroatoms. The third-order valence-electron chi connectivity index (χ3n) is 7.89. The number of quaternary nitrogens is 1. The summed E-state index contributed by atoms with van der Waals surface area (Å²) in [6, 6.07) is 1.56. The minimum absolute atomic E-state index is 0.735. The first-order valence-corrected chi connectivity index (χ1v) is 10.7. The number of nitrogens with zero attached hydrogens (tertiary/aromatic N) is 1. The lowest BCUT2D eigenvalue weighted by Crippen LogP contribution is -2.56. The molecule has 0 aromatic carbocycles. The molecule has 0 amide bonds. The van der Waals surface area contributed by atoms with Gasteiger partial charge in [-0.15, -0.1) is 0 Å². The molecule has 2 aliphatic rings. The zero-order valence-corrected chi connectivity index (χ0v) is 17.6. The first kappa shape index (κ1) is 20.0. The lowest BCUT2D eigenvalue weighted by atomic mass is 9.71. The summed E-state index contributed by atoms with van der Waals surface area (Å²) in [5, 5.41) is 0. The molecule has 0 bridgehead atoms. The van der Waals surface area contributed by atoms with E-state index in [9.17, 15) is 0 Å². The summed E-state index contributed by atoms with van der Waals surface area (Å²) in [7, 11) is 2.54. The van der Waals surface area contributed by atoms with E-state index in [1.165, 1.54) is 49.6 Å². The molecule has 6 atom stereocenters. The maximum atomic E-state index is 4.62. The highest BCUT2D eigenvalue weighted by atomic mass is 15.4. The normalized spacial score (nSPS) is 35.1. The number of hydrogen-bond acceptors (Lipinski definition) is 0. The van der Waals surface area contributed by atoms with Crippen molar-refractivity contribution < 1.29 is 4.48 Å². The fraction of sp³-hybridized carbons (Fsp3) is 0.913. The van der Waals surface area contributed by atoms with Crippen molar-refractivity contribution in [1.29, 1.82) is 0 Å². The number of likely N-dealkylation sites (tertiary alicyclic amines) is 1. The molecule has 1 heterocycles. The van der Waals surface area contributed by atoms with Crippen LogP contribution in [0.3, 0.4) is 0 Å². The van der Waals surface area contributed by atoms with Crippen LogP contribution in [-0.4, -0.2) is 30.2 Å². The fourth-order valence-corrected chi connectivity index (χ4v) is 5.69. The van der Waals surface area contributed by atoms with Crippen LogP contribution in [-0.2, 0) is 0 Å². The van der Waals surface area contributed by atoms with E-state index in [0.29, 0.717) is 0 Å². The van der Waals surface area contributed by atoms with Crippen molar-refractivity contribution in [2.75, 3.05) is 13.6 Å². The van der Waals surface area contributed by atoms with Crippen molar-refractivity contribution in [2.45, 2.75) is 92.2 Å². The molecule has 0 radical (unpaired) electrons. The Morgan fingerprint density at radius 3 is 2.21 bits per heavy atom. The quantitative estimate of drug-likeness (QED) is 0.361. The molecule has 24 heavy (non-hydrogen) atoms. The summed E-state index contributed by atoms with van der Waals surface area (Å²) in [5.74, 6) is 4.11. The molecule has 1 saturated heterocycles. The van der Waals surface area contributed by atoms with Gasteiger partial charge in [-0.1, -0.05) is 60.5 Å². The highest BCUT2D eigenvalue weighted by molar-refractivity contribution is 5.12. The van der Waals surface area contributed by atoms with E-state index in [1.54, 1.807) is 5.57 Å². The molecular formula is C23H44N+. The van der Waals surface area contributed by atoms with Crippen molar-refractivity contribution in [2.24, 2.45) is 29.6 Å². The number of likely N-dealkylation sites (N-methyl/N-ethyl adjacent to an activating group) is 1. The Hall–Kier alpha value is -0.300. The standard InChI is InChI=1S/C23H44N/c1-9-19(6)24(8)15-18(5)23(20(7)17(4)13-16(2)3)22(24)14-21-11-10-12-21/h16-17,19-23H,5,9-15H2,1-4,6-8H3/q+1. The van der Waals surface area contributed by atoms with E-state index in [-0.39, 0.29) is 0 Å². The molecule has 6 unspecified atom stereocenters. The highest BCUT2D eigenvalue weighted by Gasteiger charge is 2.52. The first-order chi connectivity index (χ1) is 11.2. The maximum Gasteiger partial charge on any atom is 0.101 e. The zero-order valence-electron chi connectivity index (χ0n) is 17.6. The largest absolute Gasteiger partial charge is 0.317 e. The number of hydrogen-bond donors (Lipinski definition) is 0. The van der Waals surface area contributed by atoms with Gasteiger partial charge in [0.1, 0.15) is 6.54 Å². The second-order valence-electron chi connectivity index (χ2n) is 10.0. The first-order valence-electron chi connectivity index (χ1n) is 10.7. The van der Waals surface area contributed by atoms with Crippen LogP contribution >= 0.6 is 0 Å². The van der Waals surface area contributed by atoms with E-state index in [2.05, 4.69) is 55.2 Å². The van der Waals surface area contributed by atoms with Crippen molar-refractivity contribution in [1.82, 2.24) is 0 Å². The zero-order chi connectivity index (χ0) is 18.1. The van der Waals surface area contributed by atoms with Gasteiger partial charge in [-0.25, -0.2) is 0 Å². The summed E-state index contributed by atoms with van der Waals surface area (Å²) in [6.07, 6.45) is 8.51. The van der Waals surface area contributed by atoms with Crippen LogP contribution < -0.4 is 0 Å². The summed E-state index contributed by atoms with van der Waals surface area (Å²) < 4.78 is 1.26. The Balaban J connectivity index is 2.23. The maximum absolute atomic E-state index is 4.62. The van der Waals surface area contributed by atoms with Gasteiger partial charge in [-0.3, -0.25) is 0 Å². The van der Waals surface area contributed by atoms with Gasteiger partial charge in [-0.2, -0.15) is 0 Å². The Labute approximate surface area is 152 Å². The average molecular weight is 335 g/mol. The minimum Gasteiger partial charge on any atom is -0.317 e. The summed E-state index contributed by atoms with van der Waals surface area (Å²) >= 11 is 0. The summed E-state index contributed by atoms with van der Waals surface area (Å²) in [4.78, 5) is 0. The third kappa shape index (κ3) is 3.92. The predicted octanol–water partition coefficient (Wildman–Crippen LogP) is 6.29. The van der Waals surface area contributed by atoms with E-state index >= 15 is 0 Å². The smallest absolute Gasteiger partial charge is 0.101 e. The van der Waals surface area contributed by atoms with Crippen LogP contribution in [0.1, 0.15) is 80.1 Å². The molecule has 2 fully saturated rings. The molecule has 1 aliphatic carbocycles. The van der Waals surface area contributed by atoms with E-state index in [1.807, 2.05) is 0 Å². The summed E-state index contributed by atoms with van der Waals surface area (Å²) in [6.45, 7) is 20.4. The number of rotatable bonds is 8. The lowest BCUT2D eigenvalue weighted by molar-refractivity contribution is -0.944. The Morgan fingerprint density at radius 2 is 1.75 bits per heavy atom. The van der Waals surface area contributed by atoms with E-state index in [4.69, 9.17) is 0 Å². The second kappa shape index (κ2) is 7.94. The molecule has 140 valence electrons. The van der Waals surface area contributed by atoms with Crippen LogP contribution in [0.15, 0.2) is 12.2 Å². The van der Waals surface area contributed by atoms with Crippen LogP contribution in [0.2, 0.25) is 0 Å². The monoisotopic (exact) mass is 334 g/mol. The van der Waals surface area contributed by atoms with Crippen molar-refractivity contribution >= 4 is 0 Å². The topological polar surface area (TPSA) is 0 Å². The molecule has 0 aromatic heterocycles. The second-order valence-corrected chi connectivity index (χ2v) is 10.0. The molecular weight excluding hydrogens is 290 g/mol. The van der Waals surface area contributed by atoms with Gasteiger partial charge in [0, 0.05) is 12.3 Å². The lowest BCUT2D eigenvalue weighted by Gasteiger charge is -2.46. The molecule has 1 nitrogen and oxygen atoms in total. The van der Waals surface area contributed by atoms with E-state index in [0.717, 1.165) is 41.7 Å². The third-order valence-corrected chi connectivity index (χ3v) is 7.89. The Morgan fingerprint density at radius 1 is 1.12 bits per heavy atom.